The molecular formula is C23H21NO. The summed E-state index contributed by atoms with van der Waals surface area (Å²) >= 11 is 0. The van der Waals surface area contributed by atoms with E-state index in [-0.39, 0.29) is 11.8 Å². The molecule has 0 aliphatic carbocycles. The first kappa shape index (κ1) is 14.9. The number of piperidine rings is 1. The average Bonchev–Trinajstić information content (AvgIpc) is 2.66. The molecule has 5 rings (SSSR count). The number of benzene rings is 4. The van der Waals surface area contributed by atoms with E-state index in [0.717, 1.165) is 23.9 Å². The zero-order chi connectivity index (χ0) is 17.0. The van der Waals surface area contributed by atoms with Crippen molar-refractivity contribution in [2.75, 3.05) is 6.54 Å². The molecule has 0 radical (unpaired) electrons. The van der Waals surface area contributed by atoms with Crippen molar-refractivity contribution in [3.63, 3.8) is 0 Å². The first-order chi connectivity index (χ1) is 12.2. The van der Waals surface area contributed by atoms with Gasteiger partial charge in [0.15, 0.2) is 5.78 Å². The lowest BCUT2D eigenvalue weighted by Crippen LogP contribution is -2.28. The second kappa shape index (κ2) is 5.53. The standard InChI is InChI=1S/C23H21NO/c1-14(25)21-18-11-10-16-6-4-5-15-8-9-17(23(18)22(15)16)13-19(21)20-7-2-3-12-24-20/h4-6,8-11,13,20,24H,2-3,7,12H2,1H3. The molecule has 25 heavy (non-hydrogen) atoms. The van der Waals surface area contributed by atoms with Crippen LogP contribution in [0.2, 0.25) is 0 Å². The minimum atomic E-state index is 0.167. The smallest absolute Gasteiger partial charge is 0.160 e. The van der Waals surface area contributed by atoms with Gasteiger partial charge in [-0.3, -0.25) is 4.79 Å². The van der Waals surface area contributed by atoms with E-state index in [1.165, 1.54) is 45.3 Å². The lowest BCUT2D eigenvalue weighted by molar-refractivity contribution is 0.101. The van der Waals surface area contributed by atoms with Crippen LogP contribution in [-0.4, -0.2) is 12.3 Å². The van der Waals surface area contributed by atoms with Crippen LogP contribution in [-0.2, 0) is 0 Å². The maximum atomic E-state index is 12.6. The third kappa shape index (κ3) is 2.17. The molecular weight excluding hydrogens is 306 g/mol. The molecule has 1 fully saturated rings. The predicted molar refractivity (Wildman–Crippen MR) is 105 cm³/mol. The second-order valence-electron chi connectivity index (χ2n) is 7.26. The average molecular weight is 327 g/mol. The highest BCUT2D eigenvalue weighted by molar-refractivity contribution is 6.26. The van der Waals surface area contributed by atoms with Crippen molar-refractivity contribution in [1.29, 1.82) is 0 Å². The van der Waals surface area contributed by atoms with E-state index in [9.17, 15) is 4.79 Å². The van der Waals surface area contributed by atoms with Gasteiger partial charge in [-0.25, -0.2) is 0 Å². The molecule has 0 amide bonds. The van der Waals surface area contributed by atoms with E-state index >= 15 is 0 Å². The number of nitrogens with one attached hydrogen (secondary N) is 1. The Balaban J connectivity index is 1.92. The quantitative estimate of drug-likeness (QED) is 0.383. The molecule has 2 heteroatoms. The summed E-state index contributed by atoms with van der Waals surface area (Å²) in [7, 11) is 0. The first-order valence-electron chi connectivity index (χ1n) is 9.19. The SMILES string of the molecule is CC(=O)c1c(C2CCCCN2)cc2ccc3cccc4ccc1c2c34. The summed E-state index contributed by atoms with van der Waals surface area (Å²) in [5.74, 6) is 0.167. The molecule has 124 valence electrons. The van der Waals surface area contributed by atoms with Crippen LogP contribution in [0.3, 0.4) is 0 Å². The van der Waals surface area contributed by atoms with Gasteiger partial charge in [0.1, 0.15) is 0 Å². The first-order valence-corrected chi connectivity index (χ1v) is 9.19. The molecule has 4 aromatic carbocycles. The highest BCUT2D eigenvalue weighted by Gasteiger charge is 2.23. The summed E-state index contributed by atoms with van der Waals surface area (Å²) in [5, 5.41) is 11.0. The molecule has 1 atom stereocenters. The van der Waals surface area contributed by atoms with Gasteiger partial charge in [-0.05, 0) is 70.3 Å². The molecule has 0 spiro atoms. The maximum Gasteiger partial charge on any atom is 0.160 e. The minimum Gasteiger partial charge on any atom is -0.310 e. The van der Waals surface area contributed by atoms with Gasteiger partial charge >= 0.3 is 0 Å². The van der Waals surface area contributed by atoms with Crippen molar-refractivity contribution in [2.45, 2.75) is 32.2 Å². The molecule has 0 aromatic heterocycles. The van der Waals surface area contributed by atoms with Gasteiger partial charge in [0.25, 0.3) is 0 Å². The van der Waals surface area contributed by atoms with E-state index in [1.807, 2.05) is 0 Å². The maximum absolute atomic E-state index is 12.6. The molecule has 1 aliphatic heterocycles. The van der Waals surface area contributed by atoms with Crippen LogP contribution in [0.4, 0.5) is 0 Å². The number of hydrogen-bond donors (Lipinski definition) is 1. The van der Waals surface area contributed by atoms with Crippen LogP contribution in [0.15, 0.2) is 48.5 Å². The second-order valence-corrected chi connectivity index (χ2v) is 7.26. The van der Waals surface area contributed by atoms with E-state index in [2.05, 4.69) is 53.8 Å². The van der Waals surface area contributed by atoms with Gasteiger partial charge in [-0.15, -0.1) is 0 Å². The third-order valence-electron chi connectivity index (χ3n) is 5.72. The van der Waals surface area contributed by atoms with Crippen molar-refractivity contribution in [3.05, 3.63) is 59.7 Å². The monoisotopic (exact) mass is 327 g/mol. The van der Waals surface area contributed by atoms with Crippen LogP contribution < -0.4 is 5.32 Å². The largest absolute Gasteiger partial charge is 0.310 e. The van der Waals surface area contributed by atoms with Crippen molar-refractivity contribution >= 4 is 38.1 Å². The zero-order valence-electron chi connectivity index (χ0n) is 14.4. The number of Topliss-reactive ketones (excluding diaryl/α,β-unsaturated/α-hetero) is 1. The Labute approximate surface area is 147 Å². The molecule has 4 aromatic rings. The number of carbonyl (C=O) groups excluding carboxylic acids is 1. The van der Waals surface area contributed by atoms with Crippen molar-refractivity contribution in [1.82, 2.24) is 5.32 Å². The molecule has 1 heterocycles. The van der Waals surface area contributed by atoms with E-state index in [1.54, 1.807) is 6.92 Å². The third-order valence-corrected chi connectivity index (χ3v) is 5.72. The van der Waals surface area contributed by atoms with E-state index in [4.69, 9.17) is 0 Å². The Morgan fingerprint density at radius 2 is 1.72 bits per heavy atom. The van der Waals surface area contributed by atoms with Gasteiger partial charge in [-0.1, -0.05) is 48.9 Å². The topological polar surface area (TPSA) is 29.1 Å². The fraction of sp³-hybridized carbons (Fsp3) is 0.261. The van der Waals surface area contributed by atoms with E-state index < -0.39 is 0 Å². The fourth-order valence-electron chi connectivity index (χ4n) is 4.62. The van der Waals surface area contributed by atoms with Crippen LogP contribution >= 0.6 is 0 Å². The molecule has 1 N–H and O–H groups in total. The fourth-order valence-corrected chi connectivity index (χ4v) is 4.62. The summed E-state index contributed by atoms with van der Waals surface area (Å²) in [5.41, 5.74) is 2.09. The normalized spacial score (nSPS) is 18.4. The predicted octanol–water partition coefficient (Wildman–Crippen LogP) is 5.60. The van der Waals surface area contributed by atoms with Gasteiger partial charge in [0, 0.05) is 11.6 Å². The highest BCUT2D eigenvalue weighted by atomic mass is 16.1. The van der Waals surface area contributed by atoms with Crippen molar-refractivity contribution in [3.8, 4) is 0 Å². The molecule has 1 aliphatic rings. The lowest BCUT2D eigenvalue weighted by atomic mass is 9.84. The summed E-state index contributed by atoms with van der Waals surface area (Å²) in [6.07, 6.45) is 3.55. The van der Waals surface area contributed by atoms with Crippen LogP contribution in [0.5, 0.6) is 0 Å². The molecule has 1 unspecified atom stereocenters. The molecule has 2 nitrogen and oxygen atoms in total. The van der Waals surface area contributed by atoms with Gasteiger partial charge in [-0.2, -0.15) is 0 Å². The number of hydrogen-bond acceptors (Lipinski definition) is 2. The Morgan fingerprint density at radius 3 is 2.44 bits per heavy atom. The number of rotatable bonds is 2. The summed E-state index contributed by atoms with van der Waals surface area (Å²) in [6.45, 7) is 2.74. The van der Waals surface area contributed by atoms with Crippen LogP contribution in [0, 0.1) is 0 Å². The van der Waals surface area contributed by atoms with Gasteiger partial charge < -0.3 is 5.32 Å². The molecule has 0 saturated carbocycles. The molecule has 1 saturated heterocycles. The number of carbonyl (C=O) groups is 1. The summed E-state index contributed by atoms with van der Waals surface area (Å²) in [6, 6.07) is 17.7. The number of ketones is 1. The Kier molecular flexibility index (Phi) is 3.29. The Hall–Kier alpha value is -2.45. The molecule has 0 bridgehead atoms. The lowest BCUT2D eigenvalue weighted by Gasteiger charge is -2.27. The van der Waals surface area contributed by atoms with Gasteiger partial charge in [0.2, 0.25) is 0 Å². The zero-order valence-corrected chi connectivity index (χ0v) is 14.4. The summed E-state index contributed by atoms with van der Waals surface area (Å²) in [4.78, 5) is 12.6. The Bertz CT molecular complexity index is 1090. The van der Waals surface area contributed by atoms with Gasteiger partial charge in [0.05, 0.1) is 0 Å². The van der Waals surface area contributed by atoms with Crippen LogP contribution in [0.25, 0.3) is 32.3 Å². The van der Waals surface area contributed by atoms with Crippen molar-refractivity contribution < 1.29 is 4.79 Å². The Morgan fingerprint density at radius 1 is 0.960 bits per heavy atom. The minimum absolute atomic E-state index is 0.167. The van der Waals surface area contributed by atoms with Crippen molar-refractivity contribution in [2.24, 2.45) is 0 Å². The summed E-state index contributed by atoms with van der Waals surface area (Å²) < 4.78 is 0. The van der Waals surface area contributed by atoms with Crippen LogP contribution in [0.1, 0.15) is 48.1 Å². The highest BCUT2D eigenvalue weighted by Crippen LogP contribution is 2.40. The van der Waals surface area contributed by atoms with E-state index in [0.29, 0.717) is 0 Å².